The van der Waals surface area contributed by atoms with Crippen LogP contribution in [0, 0.1) is 11.7 Å². The zero-order chi connectivity index (χ0) is 12.6. The minimum absolute atomic E-state index is 0.00143. The number of benzene rings is 1. The molecule has 0 spiro atoms. The maximum absolute atomic E-state index is 13.0. The Morgan fingerprint density at radius 3 is 2.35 bits per heavy atom. The van der Waals surface area contributed by atoms with Gasteiger partial charge >= 0.3 is 6.18 Å². The lowest BCUT2D eigenvalue weighted by Gasteiger charge is -2.30. The van der Waals surface area contributed by atoms with E-state index in [2.05, 4.69) is 0 Å². The predicted molar refractivity (Wildman–Crippen MR) is 53.7 cm³/mol. The zero-order valence-electron chi connectivity index (χ0n) is 8.97. The van der Waals surface area contributed by atoms with Gasteiger partial charge in [0.15, 0.2) is 0 Å². The molecule has 0 heterocycles. The normalized spacial score (nSPS) is 18.9. The van der Waals surface area contributed by atoms with Crippen molar-refractivity contribution in [3.63, 3.8) is 0 Å². The van der Waals surface area contributed by atoms with Gasteiger partial charge in [-0.25, -0.2) is 4.39 Å². The summed E-state index contributed by atoms with van der Waals surface area (Å²) in [6.07, 6.45) is -3.06. The molecule has 1 N–H and O–H groups in total. The van der Waals surface area contributed by atoms with Crippen LogP contribution in [0.5, 0.6) is 0 Å². The van der Waals surface area contributed by atoms with Crippen molar-refractivity contribution in [3.8, 4) is 0 Å². The van der Waals surface area contributed by atoms with Crippen LogP contribution in [0.25, 0.3) is 0 Å². The van der Waals surface area contributed by atoms with Crippen molar-refractivity contribution in [2.24, 2.45) is 5.92 Å². The number of hydrogen-bond donors (Lipinski definition) is 1. The number of alkyl halides is 3. The molecule has 1 nitrogen and oxygen atoms in total. The van der Waals surface area contributed by atoms with E-state index in [0.717, 1.165) is 25.3 Å². The first-order valence-corrected chi connectivity index (χ1v) is 5.44. The van der Waals surface area contributed by atoms with Gasteiger partial charge in [-0.1, -0.05) is 12.5 Å². The van der Waals surface area contributed by atoms with Crippen molar-refractivity contribution in [2.45, 2.75) is 31.5 Å². The molecule has 0 aromatic heterocycles. The fourth-order valence-electron chi connectivity index (χ4n) is 1.97. The summed E-state index contributed by atoms with van der Waals surface area (Å²) in [7, 11) is 0. The van der Waals surface area contributed by atoms with Gasteiger partial charge in [0.1, 0.15) is 5.82 Å². The smallest absolute Gasteiger partial charge is 0.388 e. The van der Waals surface area contributed by atoms with E-state index in [1.54, 1.807) is 0 Å². The lowest BCUT2D eigenvalue weighted by Crippen LogP contribution is -2.20. The first-order chi connectivity index (χ1) is 7.89. The van der Waals surface area contributed by atoms with E-state index in [-0.39, 0.29) is 11.5 Å². The van der Waals surface area contributed by atoms with E-state index < -0.39 is 23.7 Å². The number of aliphatic hydroxyl groups is 1. The quantitative estimate of drug-likeness (QED) is 0.791. The van der Waals surface area contributed by atoms with Gasteiger partial charge in [-0.2, -0.15) is 13.2 Å². The number of aliphatic hydroxyl groups excluding tert-OH is 1. The van der Waals surface area contributed by atoms with Crippen LogP contribution in [0.1, 0.15) is 36.5 Å². The van der Waals surface area contributed by atoms with Crippen LogP contribution in [-0.2, 0) is 6.18 Å². The molecular weight excluding hydrogens is 236 g/mol. The molecule has 0 amide bonds. The highest BCUT2D eigenvalue weighted by molar-refractivity contribution is 5.29. The lowest BCUT2D eigenvalue weighted by molar-refractivity contribution is -0.140. The molecule has 1 unspecified atom stereocenters. The summed E-state index contributed by atoms with van der Waals surface area (Å²) >= 11 is 0. The van der Waals surface area contributed by atoms with Gasteiger partial charge < -0.3 is 5.11 Å². The van der Waals surface area contributed by atoms with Gasteiger partial charge in [-0.3, -0.25) is 0 Å². The van der Waals surface area contributed by atoms with Crippen LogP contribution in [0.2, 0.25) is 0 Å². The first-order valence-electron chi connectivity index (χ1n) is 5.44. The van der Waals surface area contributed by atoms with Crippen molar-refractivity contribution in [1.82, 2.24) is 0 Å². The van der Waals surface area contributed by atoms with Crippen LogP contribution >= 0.6 is 0 Å². The Kier molecular flexibility index (Phi) is 3.12. The Labute approximate surface area is 96.1 Å². The van der Waals surface area contributed by atoms with Gasteiger partial charge in [-0.05, 0) is 36.5 Å². The highest BCUT2D eigenvalue weighted by Gasteiger charge is 2.35. The molecule has 2 rings (SSSR count). The molecule has 1 saturated carbocycles. The Hall–Kier alpha value is -1.10. The monoisotopic (exact) mass is 248 g/mol. The Morgan fingerprint density at radius 1 is 1.24 bits per heavy atom. The van der Waals surface area contributed by atoms with E-state index in [1.165, 1.54) is 6.07 Å². The van der Waals surface area contributed by atoms with Crippen LogP contribution in [0.3, 0.4) is 0 Å². The summed E-state index contributed by atoms with van der Waals surface area (Å²) in [6, 6.07) is 2.69. The second-order valence-corrected chi connectivity index (χ2v) is 4.37. The van der Waals surface area contributed by atoms with Crippen molar-refractivity contribution < 1.29 is 22.7 Å². The second-order valence-electron chi connectivity index (χ2n) is 4.37. The number of rotatable bonds is 2. The molecule has 1 fully saturated rings. The summed E-state index contributed by atoms with van der Waals surface area (Å²) in [5.74, 6) is -1.30. The van der Waals surface area contributed by atoms with Crippen LogP contribution in [-0.4, -0.2) is 5.11 Å². The van der Waals surface area contributed by atoms with Crippen LogP contribution in [0.15, 0.2) is 18.2 Å². The highest BCUT2D eigenvalue weighted by atomic mass is 19.4. The van der Waals surface area contributed by atoms with E-state index in [9.17, 15) is 22.7 Å². The molecule has 0 aliphatic heterocycles. The van der Waals surface area contributed by atoms with Gasteiger partial charge in [0, 0.05) is 0 Å². The van der Waals surface area contributed by atoms with E-state index in [4.69, 9.17) is 0 Å². The molecule has 94 valence electrons. The highest BCUT2D eigenvalue weighted by Crippen LogP contribution is 2.39. The minimum atomic E-state index is -4.72. The summed E-state index contributed by atoms with van der Waals surface area (Å²) in [5.41, 5.74) is -1.17. The summed E-state index contributed by atoms with van der Waals surface area (Å²) in [5, 5.41) is 9.83. The van der Waals surface area contributed by atoms with E-state index in [0.29, 0.717) is 6.07 Å². The fourth-order valence-corrected chi connectivity index (χ4v) is 1.97. The molecule has 0 radical (unpaired) electrons. The maximum atomic E-state index is 13.0. The van der Waals surface area contributed by atoms with E-state index >= 15 is 0 Å². The topological polar surface area (TPSA) is 20.2 Å². The van der Waals surface area contributed by atoms with Crippen molar-refractivity contribution >= 4 is 0 Å². The SMILES string of the molecule is OC(c1ccc(F)c(C(F)(F)F)c1)C1CCC1. The van der Waals surface area contributed by atoms with Crippen molar-refractivity contribution in [1.29, 1.82) is 0 Å². The molecule has 1 aromatic carbocycles. The summed E-state index contributed by atoms with van der Waals surface area (Å²) < 4.78 is 50.4. The standard InChI is InChI=1S/C12H12F4O/c13-10-5-4-8(6-9(10)12(14,15)16)11(17)7-2-1-3-7/h4-7,11,17H,1-3H2. The average Bonchev–Trinajstić information content (AvgIpc) is 2.13. The van der Waals surface area contributed by atoms with Gasteiger partial charge in [0.05, 0.1) is 11.7 Å². The predicted octanol–water partition coefficient (Wildman–Crippen LogP) is 3.68. The van der Waals surface area contributed by atoms with Gasteiger partial charge in [0.25, 0.3) is 0 Å². The second kappa shape index (κ2) is 4.29. The first kappa shape index (κ1) is 12.4. The van der Waals surface area contributed by atoms with Crippen LogP contribution in [0.4, 0.5) is 17.6 Å². The molecule has 17 heavy (non-hydrogen) atoms. The molecule has 1 aromatic rings. The van der Waals surface area contributed by atoms with Crippen LogP contribution < -0.4 is 0 Å². The molecule has 1 atom stereocenters. The fraction of sp³-hybridized carbons (Fsp3) is 0.500. The maximum Gasteiger partial charge on any atom is 0.419 e. The molecule has 0 saturated heterocycles. The molecule has 1 aliphatic rings. The Bertz CT molecular complexity index is 409. The largest absolute Gasteiger partial charge is 0.419 e. The van der Waals surface area contributed by atoms with Gasteiger partial charge in [0.2, 0.25) is 0 Å². The number of halogens is 4. The lowest BCUT2D eigenvalue weighted by atomic mass is 9.78. The molecule has 0 bridgehead atoms. The molecule has 1 aliphatic carbocycles. The Morgan fingerprint density at radius 2 is 1.88 bits per heavy atom. The summed E-state index contributed by atoms with van der Waals surface area (Å²) in [4.78, 5) is 0. The molecule has 5 heteroatoms. The number of hydrogen-bond acceptors (Lipinski definition) is 1. The summed E-state index contributed by atoms with van der Waals surface area (Å²) in [6.45, 7) is 0. The van der Waals surface area contributed by atoms with Gasteiger partial charge in [-0.15, -0.1) is 0 Å². The minimum Gasteiger partial charge on any atom is -0.388 e. The van der Waals surface area contributed by atoms with E-state index in [1.807, 2.05) is 0 Å². The van der Waals surface area contributed by atoms with Crippen molar-refractivity contribution in [2.75, 3.05) is 0 Å². The molecular formula is C12H12F4O. The third-order valence-electron chi connectivity index (χ3n) is 3.23. The average molecular weight is 248 g/mol. The zero-order valence-corrected chi connectivity index (χ0v) is 8.97. The third-order valence-corrected chi connectivity index (χ3v) is 3.23. The third kappa shape index (κ3) is 2.44. The Balaban J connectivity index is 2.30. The van der Waals surface area contributed by atoms with Crippen molar-refractivity contribution in [3.05, 3.63) is 35.1 Å².